The van der Waals surface area contributed by atoms with Crippen molar-refractivity contribution in [2.45, 2.75) is 13.3 Å². The van der Waals surface area contributed by atoms with Crippen LogP contribution in [0.15, 0.2) is 18.2 Å². The van der Waals surface area contributed by atoms with E-state index in [1.807, 2.05) is 6.07 Å². The first-order valence-electron chi connectivity index (χ1n) is 5.43. The Balaban J connectivity index is 2.13. The summed E-state index contributed by atoms with van der Waals surface area (Å²) in [7, 11) is 0. The maximum atomic E-state index is 5.46. The number of imidazole rings is 1. The first kappa shape index (κ1) is 9.83. The maximum Gasteiger partial charge on any atom is 0.239 e. The van der Waals surface area contributed by atoms with E-state index >= 15 is 0 Å². The van der Waals surface area contributed by atoms with Gasteiger partial charge < -0.3 is 10.7 Å². The summed E-state index contributed by atoms with van der Waals surface area (Å²) >= 11 is 0. The average molecular weight is 228 g/mol. The van der Waals surface area contributed by atoms with Gasteiger partial charge in [0.1, 0.15) is 0 Å². The fraction of sp³-hybridized carbons (Fsp3) is 0.182. The lowest BCUT2D eigenvalue weighted by Gasteiger charge is -1.93. The van der Waals surface area contributed by atoms with Crippen LogP contribution < -0.4 is 5.73 Å². The Hall–Kier alpha value is -2.37. The number of aryl methyl sites for hydroxylation is 1. The van der Waals surface area contributed by atoms with Gasteiger partial charge in [-0.05, 0) is 24.1 Å². The van der Waals surface area contributed by atoms with E-state index in [0.29, 0.717) is 11.6 Å². The number of nitrogens with zero attached hydrogens (tertiary/aromatic N) is 3. The molecule has 0 spiro atoms. The largest absolute Gasteiger partial charge is 0.366 e. The molecule has 0 aliphatic rings. The fourth-order valence-corrected chi connectivity index (χ4v) is 1.77. The third-order valence-electron chi connectivity index (χ3n) is 2.68. The van der Waals surface area contributed by atoms with Crippen LogP contribution in [0.2, 0.25) is 0 Å². The van der Waals surface area contributed by atoms with Gasteiger partial charge in [-0.3, -0.25) is 5.10 Å². The normalized spacial score (nSPS) is 11.1. The van der Waals surface area contributed by atoms with Crippen LogP contribution in [-0.4, -0.2) is 25.1 Å². The summed E-state index contributed by atoms with van der Waals surface area (Å²) in [5.41, 5.74) is 8.63. The Morgan fingerprint density at radius 1 is 1.24 bits per heavy atom. The molecule has 4 N–H and O–H groups in total. The van der Waals surface area contributed by atoms with Crippen LogP contribution in [0, 0.1) is 0 Å². The van der Waals surface area contributed by atoms with E-state index < -0.39 is 0 Å². The topological polar surface area (TPSA) is 96.3 Å². The van der Waals surface area contributed by atoms with E-state index in [-0.39, 0.29) is 5.95 Å². The van der Waals surface area contributed by atoms with Crippen molar-refractivity contribution in [2.24, 2.45) is 0 Å². The molecule has 0 radical (unpaired) electrons. The number of nitrogens with two attached hydrogens (primary N) is 1. The van der Waals surface area contributed by atoms with Crippen molar-refractivity contribution < 1.29 is 0 Å². The molecule has 6 heteroatoms. The minimum absolute atomic E-state index is 0.217. The number of rotatable bonds is 2. The Bertz CT molecular complexity index is 665. The number of aromatic nitrogens is 5. The number of aromatic amines is 2. The number of anilines is 1. The predicted molar refractivity (Wildman–Crippen MR) is 65.3 cm³/mol. The lowest BCUT2D eigenvalue weighted by atomic mass is 10.1. The number of nitrogen functional groups attached to an aromatic ring is 1. The van der Waals surface area contributed by atoms with Crippen LogP contribution in [0.5, 0.6) is 0 Å². The minimum atomic E-state index is 0.217. The summed E-state index contributed by atoms with van der Waals surface area (Å²) in [6, 6.07) is 6.15. The smallest absolute Gasteiger partial charge is 0.239 e. The number of H-pyrrole nitrogens is 2. The third kappa shape index (κ3) is 1.63. The molecule has 3 rings (SSSR count). The first-order chi connectivity index (χ1) is 8.26. The quantitative estimate of drug-likeness (QED) is 0.619. The number of fused-ring (bicyclic) bond motifs is 1. The lowest BCUT2D eigenvalue weighted by molar-refractivity contribution is 1.09. The fourth-order valence-electron chi connectivity index (χ4n) is 1.77. The highest BCUT2D eigenvalue weighted by molar-refractivity contribution is 5.79. The SMILES string of the molecule is CCc1ccc2nc(-c3nc(N)n[nH]3)[nH]c2c1. The highest BCUT2D eigenvalue weighted by Crippen LogP contribution is 2.19. The Morgan fingerprint density at radius 2 is 2.12 bits per heavy atom. The van der Waals surface area contributed by atoms with Gasteiger partial charge in [0, 0.05) is 0 Å². The molecule has 0 amide bonds. The second-order valence-corrected chi connectivity index (χ2v) is 3.83. The highest BCUT2D eigenvalue weighted by atomic mass is 15.3. The van der Waals surface area contributed by atoms with Gasteiger partial charge in [-0.1, -0.05) is 13.0 Å². The van der Waals surface area contributed by atoms with Crippen molar-refractivity contribution in [3.05, 3.63) is 23.8 Å². The highest BCUT2D eigenvalue weighted by Gasteiger charge is 2.09. The molecular weight excluding hydrogens is 216 g/mol. The third-order valence-corrected chi connectivity index (χ3v) is 2.68. The number of nitrogens with one attached hydrogen (secondary N) is 2. The summed E-state index contributed by atoms with van der Waals surface area (Å²) in [5.74, 6) is 1.42. The zero-order chi connectivity index (χ0) is 11.8. The van der Waals surface area contributed by atoms with Gasteiger partial charge in [0.15, 0.2) is 11.6 Å². The lowest BCUT2D eigenvalue weighted by Crippen LogP contribution is -1.86. The van der Waals surface area contributed by atoms with Crippen LogP contribution in [0.25, 0.3) is 22.7 Å². The number of hydrogen-bond donors (Lipinski definition) is 3. The van der Waals surface area contributed by atoms with Crippen LogP contribution in [0.1, 0.15) is 12.5 Å². The Morgan fingerprint density at radius 3 is 2.82 bits per heavy atom. The molecule has 0 aliphatic carbocycles. The van der Waals surface area contributed by atoms with Crippen molar-refractivity contribution in [3.8, 4) is 11.6 Å². The van der Waals surface area contributed by atoms with Crippen molar-refractivity contribution in [1.82, 2.24) is 25.1 Å². The molecule has 1 aromatic carbocycles. The molecule has 0 unspecified atom stereocenters. The molecule has 2 heterocycles. The molecule has 0 fully saturated rings. The average Bonchev–Trinajstić information content (AvgIpc) is 2.93. The van der Waals surface area contributed by atoms with E-state index in [9.17, 15) is 0 Å². The van der Waals surface area contributed by atoms with Crippen LogP contribution in [0.3, 0.4) is 0 Å². The molecular formula is C11H12N6. The van der Waals surface area contributed by atoms with Gasteiger partial charge in [-0.15, -0.1) is 5.10 Å². The summed E-state index contributed by atoms with van der Waals surface area (Å²) in [6.45, 7) is 2.12. The zero-order valence-electron chi connectivity index (χ0n) is 9.36. The van der Waals surface area contributed by atoms with E-state index in [1.165, 1.54) is 5.56 Å². The van der Waals surface area contributed by atoms with Crippen molar-refractivity contribution >= 4 is 17.0 Å². The second-order valence-electron chi connectivity index (χ2n) is 3.83. The van der Waals surface area contributed by atoms with Gasteiger partial charge >= 0.3 is 0 Å². The molecule has 3 aromatic rings. The molecule has 6 nitrogen and oxygen atoms in total. The number of hydrogen-bond acceptors (Lipinski definition) is 4. The molecule has 86 valence electrons. The molecule has 2 aromatic heterocycles. The Labute approximate surface area is 97.3 Å². The number of benzene rings is 1. The summed E-state index contributed by atoms with van der Waals surface area (Å²) in [5, 5.41) is 6.51. The van der Waals surface area contributed by atoms with Gasteiger partial charge in [0.25, 0.3) is 0 Å². The van der Waals surface area contributed by atoms with Gasteiger partial charge in [-0.2, -0.15) is 4.98 Å². The van der Waals surface area contributed by atoms with E-state index in [2.05, 4.69) is 44.2 Å². The van der Waals surface area contributed by atoms with Crippen LogP contribution >= 0.6 is 0 Å². The Kier molecular flexibility index (Phi) is 2.07. The van der Waals surface area contributed by atoms with E-state index in [1.54, 1.807) is 0 Å². The summed E-state index contributed by atoms with van der Waals surface area (Å²) < 4.78 is 0. The predicted octanol–water partition coefficient (Wildman–Crippen LogP) is 1.49. The van der Waals surface area contributed by atoms with Crippen LogP contribution in [0.4, 0.5) is 5.95 Å². The van der Waals surface area contributed by atoms with Gasteiger partial charge in [0.05, 0.1) is 11.0 Å². The van der Waals surface area contributed by atoms with Crippen molar-refractivity contribution in [1.29, 1.82) is 0 Å². The summed E-state index contributed by atoms with van der Waals surface area (Å²) in [6.07, 6.45) is 1.000. The van der Waals surface area contributed by atoms with Gasteiger partial charge in [0.2, 0.25) is 5.95 Å². The van der Waals surface area contributed by atoms with E-state index in [0.717, 1.165) is 17.5 Å². The minimum Gasteiger partial charge on any atom is -0.366 e. The van der Waals surface area contributed by atoms with Gasteiger partial charge in [-0.25, -0.2) is 4.98 Å². The summed E-state index contributed by atoms with van der Waals surface area (Å²) in [4.78, 5) is 11.7. The zero-order valence-corrected chi connectivity index (χ0v) is 9.36. The monoisotopic (exact) mass is 228 g/mol. The molecule has 0 saturated carbocycles. The van der Waals surface area contributed by atoms with E-state index in [4.69, 9.17) is 5.73 Å². The molecule has 0 atom stereocenters. The first-order valence-corrected chi connectivity index (χ1v) is 5.43. The standard InChI is InChI=1S/C11H12N6/c1-2-6-3-4-7-8(5-6)14-9(13-7)10-15-11(12)17-16-10/h3-5H,2H2,1H3,(H,13,14)(H3,12,15,16,17). The van der Waals surface area contributed by atoms with Crippen molar-refractivity contribution in [2.75, 3.05) is 5.73 Å². The molecule has 0 bridgehead atoms. The van der Waals surface area contributed by atoms with Crippen LogP contribution in [-0.2, 0) is 6.42 Å². The molecule has 17 heavy (non-hydrogen) atoms. The maximum absolute atomic E-state index is 5.46. The second kappa shape index (κ2) is 3.58. The molecule has 0 saturated heterocycles. The van der Waals surface area contributed by atoms with Crippen molar-refractivity contribution in [3.63, 3.8) is 0 Å². The molecule has 0 aliphatic heterocycles.